The lowest BCUT2D eigenvalue weighted by molar-refractivity contribution is -0.0241. The van der Waals surface area contributed by atoms with Crippen molar-refractivity contribution >= 4 is 17.4 Å². The maximum Gasteiger partial charge on any atom is 0.409 e. The number of imidazole rings is 1. The van der Waals surface area contributed by atoms with Gasteiger partial charge in [-0.3, -0.25) is 0 Å². The maximum absolute atomic E-state index is 15.3. The van der Waals surface area contributed by atoms with E-state index in [0.29, 0.717) is 56.4 Å². The fraction of sp³-hybridized carbons (Fsp3) is 0.417. The van der Waals surface area contributed by atoms with E-state index < -0.39 is 17.7 Å². The van der Waals surface area contributed by atoms with Crippen molar-refractivity contribution in [3.63, 3.8) is 0 Å². The van der Waals surface area contributed by atoms with Crippen molar-refractivity contribution < 1.29 is 27.8 Å². The summed E-state index contributed by atoms with van der Waals surface area (Å²) in [5, 5.41) is 3.07. The molecule has 2 saturated heterocycles. The number of fused-ring (bicyclic) bond motifs is 1. The van der Waals surface area contributed by atoms with E-state index in [0.717, 1.165) is 5.56 Å². The van der Waals surface area contributed by atoms with Crippen molar-refractivity contribution in [2.24, 2.45) is 0 Å². The molecule has 0 spiro atoms. The lowest BCUT2D eigenvalue weighted by Crippen LogP contribution is -2.46. The molecule has 0 saturated carbocycles. The Morgan fingerprint density at radius 3 is 2.71 bits per heavy atom. The van der Waals surface area contributed by atoms with Crippen LogP contribution < -0.4 is 5.32 Å². The number of pyridine rings is 1. The van der Waals surface area contributed by atoms with E-state index in [4.69, 9.17) is 14.2 Å². The molecule has 1 N–H and O–H groups in total. The summed E-state index contributed by atoms with van der Waals surface area (Å²) in [5.74, 6) is -1.41. The van der Waals surface area contributed by atoms with Crippen LogP contribution in [0.1, 0.15) is 11.3 Å². The predicted molar refractivity (Wildman–Crippen MR) is 121 cm³/mol. The Kier molecular flexibility index (Phi) is 6.09. The Labute approximate surface area is 195 Å². The van der Waals surface area contributed by atoms with Crippen LogP contribution in [-0.4, -0.2) is 72.5 Å². The minimum atomic E-state index is -0.704. The molecule has 0 aliphatic carbocycles. The minimum absolute atomic E-state index is 0.0413. The number of ether oxygens (including phenoxy) is 3. The number of rotatable bonds is 5. The number of carbonyl (C=O) groups is 1. The van der Waals surface area contributed by atoms with Gasteiger partial charge in [-0.15, -0.1) is 0 Å². The van der Waals surface area contributed by atoms with Crippen molar-refractivity contribution in [1.82, 2.24) is 14.3 Å². The topological polar surface area (TPSA) is 77.3 Å². The summed E-state index contributed by atoms with van der Waals surface area (Å²) in [6.45, 7) is 4.02. The predicted octanol–water partition coefficient (Wildman–Crippen LogP) is 3.41. The van der Waals surface area contributed by atoms with Gasteiger partial charge in [0.25, 0.3) is 0 Å². The molecule has 10 heteroatoms. The molecule has 2 aliphatic rings. The van der Waals surface area contributed by atoms with E-state index in [1.165, 1.54) is 19.2 Å². The number of anilines is 1. The molecule has 0 bridgehead atoms. The van der Waals surface area contributed by atoms with E-state index in [9.17, 15) is 4.79 Å². The molecule has 5 rings (SSSR count). The van der Waals surface area contributed by atoms with Crippen LogP contribution in [0.2, 0.25) is 0 Å². The van der Waals surface area contributed by atoms with Gasteiger partial charge in [-0.1, -0.05) is 0 Å². The highest BCUT2D eigenvalue weighted by molar-refractivity contribution is 5.71. The molecule has 4 heterocycles. The van der Waals surface area contributed by atoms with Gasteiger partial charge in [-0.05, 0) is 36.8 Å². The van der Waals surface area contributed by atoms with Gasteiger partial charge in [0.05, 0.1) is 62.6 Å². The fourth-order valence-electron chi connectivity index (χ4n) is 4.38. The molecular weight excluding hydrogens is 446 g/mol. The number of carbonyl (C=O) groups excluding carboxylic acids is 1. The number of aromatic nitrogens is 2. The third kappa shape index (κ3) is 4.30. The van der Waals surface area contributed by atoms with E-state index in [1.54, 1.807) is 4.90 Å². The highest BCUT2D eigenvalue weighted by atomic mass is 19.1. The monoisotopic (exact) mass is 472 g/mol. The van der Waals surface area contributed by atoms with E-state index >= 15 is 8.78 Å². The molecular formula is C24H26F2N4O4. The average molecular weight is 472 g/mol. The first-order valence-corrected chi connectivity index (χ1v) is 11.2. The standard InChI is InChI=1S/C24H26F2N4O4/c1-14-3-4-30-20(10-17-11-29(5-6-34-17)24(31)32-2)23(28-21(30)7-14)22-18(25)8-15(9-19(22)26)27-16-12-33-13-16/h3-4,7-9,16-17,27H,5-6,10-13H2,1-2H3. The van der Waals surface area contributed by atoms with Gasteiger partial charge in [0, 0.05) is 24.8 Å². The first-order chi connectivity index (χ1) is 16.4. The summed E-state index contributed by atoms with van der Waals surface area (Å²) in [6, 6.07) is 6.38. The lowest BCUT2D eigenvalue weighted by Gasteiger charge is -2.32. The van der Waals surface area contributed by atoms with Gasteiger partial charge < -0.3 is 28.8 Å². The van der Waals surface area contributed by atoms with E-state index in [-0.39, 0.29) is 23.4 Å². The van der Waals surface area contributed by atoms with Gasteiger partial charge in [-0.2, -0.15) is 0 Å². The number of amides is 1. The number of aryl methyl sites for hydroxylation is 1. The second kappa shape index (κ2) is 9.19. The maximum atomic E-state index is 15.3. The first kappa shape index (κ1) is 22.5. The number of halogens is 2. The lowest BCUT2D eigenvalue weighted by atomic mass is 10.0. The van der Waals surface area contributed by atoms with Crippen molar-refractivity contribution in [3.8, 4) is 11.3 Å². The molecule has 2 aliphatic heterocycles. The molecule has 2 fully saturated rings. The zero-order valence-electron chi connectivity index (χ0n) is 19.0. The van der Waals surface area contributed by atoms with Crippen LogP contribution in [0.25, 0.3) is 16.9 Å². The van der Waals surface area contributed by atoms with Crippen molar-refractivity contribution in [2.45, 2.75) is 25.5 Å². The summed E-state index contributed by atoms with van der Waals surface area (Å²) in [5.41, 5.74) is 2.56. The summed E-state index contributed by atoms with van der Waals surface area (Å²) in [4.78, 5) is 18.2. The molecule has 3 aromatic rings. The van der Waals surface area contributed by atoms with Crippen LogP contribution in [0.3, 0.4) is 0 Å². The van der Waals surface area contributed by atoms with Crippen molar-refractivity contribution in [2.75, 3.05) is 45.3 Å². The number of methoxy groups -OCH3 is 1. The molecule has 8 nitrogen and oxygen atoms in total. The third-order valence-electron chi connectivity index (χ3n) is 6.16. The largest absolute Gasteiger partial charge is 0.453 e. The zero-order valence-corrected chi connectivity index (χ0v) is 19.0. The molecule has 1 aromatic carbocycles. The number of nitrogens with one attached hydrogen (secondary N) is 1. The number of hydrogen-bond acceptors (Lipinski definition) is 6. The molecule has 180 valence electrons. The van der Waals surface area contributed by atoms with Crippen LogP contribution in [-0.2, 0) is 20.6 Å². The van der Waals surface area contributed by atoms with Crippen LogP contribution >= 0.6 is 0 Å². The first-order valence-electron chi connectivity index (χ1n) is 11.2. The Balaban J connectivity index is 1.52. The second-order valence-electron chi connectivity index (χ2n) is 8.65. The van der Waals surface area contributed by atoms with Crippen LogP contribution in [0, 0.1) is 18.6 Å². The molecule has 34 heavy (non-hydrogen) atoms. The Morgan fingerprint density at radius 2 is 2.03 bits per heavy atom. The molecule has 1 unspecified atom stereocenters. The molecule has 2 aromatic heterocycles. The molecule has 1 amide bonds. The molecule has 1 atom stereocenters. The fourth-order valence-corrected chi connectivity index (χ4v) is 4.38. The highest BCUT2D eigenvalue weighted by Crippen LogP contribution is 2.33. The van der Waals surface area contributed by atoms with E-state index in [2.05, 4.69) is 10.3 Å². The number of nitrogens with zero attached hydrogens (tertiary/aromatic N) is 3. The Morgan fingerprint density at radius 1 is 1.26 bits per heavy atom. The van der Waals surface area contributed by atoms with Gasteiger partial charge in [0.1, 0.15) is 17.3 Å². The Hall–Kier alpha value is -3.24. The highest BCUT2D eigenvalue weighted by Gasteiger charge is 2.29. The summed E-state index contributed by atoms with van der Waals surface area (Å²) >= 11 is 0. The third-order valence-corrected chi connectivity index (χ3v) is 6.16. The van der Waals surface area contributed by atoms with Gasteiger partial charge in [0.2, 0.25) is 0 Å². The van der Waals surface area contributed by atoms with Crippen LogP contribution in [0.4, 0.5) is 19.3 Å². The smallest absolute Gasteiger partial charge is 0.409 e. The quantitative estimate of drug-likeness (QED) is 0.613. The normalized spacial score (nSPS) is 18.7. The Bertz CT molecular complexity index is 1200. The molecule has 0 radical (unpaired) electrons. The van der Waals surface area contributed by atoms with Crippen LogP contribution in [0.15, 0.2) is 30.5 Å². The van der Waals surface area contributed by atoms with Gasteiger partial charge in [-0.25, -0.2) is 18.6 Å². The van der Waals surface area contributed by atoms with Crippen molar-refractivity contribution in [3.05, 3.63) is 53.4 Å². The average Bonchev–Trinajstić information content (AvgIpc) is 3.12. The summed E-state index contributed by atoms with van der Waals surface area (Å²) < 4.78 is 48.2. The van der Waals surface area contributed by atoms with Crippen molar-refractivity contribution in [1.29, 1.82) is 0 Å². The zero-order chi connectivity index (χ0) is 23.8. The SMILES string of the molecule is COC(=O)N1CCOC(Cc2c(-c3c(F)cc(NC4COC4)cc3F)nc3cc(C)ccn23)C1. The van der Waals surface area contributed by atoms with Crippen LogP contribution in [0.5, 0.6) is 0 Å². The number of benzene rings is 1. The summed E-state index contributed by atoms with van der Waals surface area (Å²) in [6.07, 6.45) is 1.34. The number of hydrogen-bond donors (Lipinski definition) is 1. The van der Waals surface area contributed by atoms with E-state index in [1.807, 2.05) is 29.7 Å². The minimum Gasteiger partial charge on any atom is -0.453 e. The van der Waals surface area contributed by atoms with Gasteiger partial charge in [0.15, 0.2) is 0 Å². The number of morpholine rings is 1. The summed E-state index contributed by atoms with van der Waals surface area (Å²) in [7, 11) is 1.33. The second-order valence-corrected chi connectivity index (χ2v) is 8.65. The van der Waals surface area contributed by atoms with Gasteiger partial charge >= 0.3 is 6.09 Å².